The van der Waals surface area contributed by atoms with Gasteiger partial charge in [0.15, 0.2) is 11.5 Å². The molecule has 0 saturated carbocycles. The van der Waals surface area contributed by atoms with Gasteiger partial charge in [0, 0.05) is 11.8 Å². The molecule has 11 nitrogen and oxygen atoms in total. The van der Waals surface area contributed by atoms with Gasteiger partial charge in [-0.3, -0.25) is 9.36 Å². The standard InChI is InChI=1S/C25H28FN6O5P/c1-15(2)35-22(33)11-31-38(37-19-9-5-7-16-6-3-4-8-17(16)19)34-12-20-18(26)10-21(36-20)32-14-30-23-24(27)28-13-29-25(23)32/h3-9,13-15,18,20-21,31H,10-12H2,1-2H3,(H2,27,28,29). The third kappa shape index (κ3) is 5.83. The van der Waals surface area contributed by atoms with Crippen LogP contribution >= 0.6 is 8.53 Å². The van der Waals surface area contributed by atoms with Gasteiger partial charge in [0.05, 0.1) is 19.0 Å². The first-order valence-electron chi connectivity index (χ1n) is 12.1. The molecule has 1 aliphatic heterocycles. The second-order valence-corrected chi connectivity index (χ2v) is 10.2. The van der Waals surface area contributed by atoms with E-state index < -0.39 is 33.0 Å². The van der Waals surface area contributed by atoms with Gasteiger partial charge in [0.2, 0.25) is 0 Å². The summed E-state index contributed by atoms with van der Waals surface area (Å²) in [4.78, 5) is 24.5. The minimum atomic E-state index is -1.85. The van der Waals surface area contributed by atoms with Crippen molar-refractivity contribution in [3.05, 3.63) is 55.1 Å². The zero-order valence-electron chi connectivity index (χ0n) is 20.9. The Morgan fingerprint density at radius 2 is 2.05 bits per heavy atom. The van der Waals surface area contributed by atoms with Gasteiger partial charge in [0.1, 0.15) is 42.6 Å². The summed E-state index contributed by atoms with van der Waals surface area (Å²) < 4.78 is 39.9. The van der Waals surface area contributed by atoms with Gasteiger partial charge >= 0.3 is 14.5 Å². The number of carbonyl (C=O) groups is 1. The maximum Gasteiger partial charge on any atom is 0.320 e. The fourth-order valence-corrected chi connectivity index (χ4v) is 5.22. The summed E-state index contributed by atoms with van der Waals surface area (Å²) >= 11 is 0. The molecular formula is C25H28FN6O5P. The predicted octanol–water partition coefficient (Wildman–Crippen LogP) is 4.05. The molecule has 200 valence electrons. The highest BCUT2D eigenvalue weighted by Crippen LogP contribution is 2.41. The Bertz CT molecular complexity index is 1420. The van der Waals surface area contributed by atoms with E-state index in [0.717, 1.165) is 10.8 Å². The largest absolute Gasteiger partial charge is 0.462 e. The number of nitrogen functional groups attached to an aromatic ring is 1. The molecule has 2 aromatic carbocycles. The highest BCUT2D eigenvalue weighted by atomic mass is 31.2. The number of esters is 1. The number of hydrogen-bond donors (Lipinski definition) is 2. The van der Waals surface area contributed by atoms with Crippen LogP contribution in [0.1, 0.15) is 26.5 Å². The third-order valence-corrected chi connectivity index (χ3v) is 7.03. The summed E-state index contributed by atoms with van der Waals surface area (Å²) in [6.45, 7) is 3.29. The Labute approximate surface area is 219 Å². The first kappa shape index (κ1) is 26.2. The second kappa shape index (κ2) is 11.5. The Balaban J connectivity index is 1.28. The van der Waals surface area contributed by atoms with Crippen LogP contribution < -0.4 is 15.3 Å². The van der Waals surface area contributed by atoms with E-state index >= 15 is 4.39 Å². The fraction of sp³-hybridized carbons (Fsp3) is 0.360. The Hall–Kier alpha value is -3.44. The number of imidazole rings is 1. The van der Waals surface area contributed by atoms with Gasteiger partial charge in [-0.2, -0.15) is 0 Å². The fourth-order valence-electron chi connectivity index (χ4n) is 4.13. The highest BCUT2D eigenvalue weighted by Gasteiger charge is 2.38. The van der Waals surface area contributed by atoms with E-state index in [1.807, 2.05) is 42.5 Å². The van der Waals surface area contributed by atoms with Crippen LogP contribution in [0.2, 0.25) is 0 Å². The van der Waals surface area contributed by atoms with Crippen molar-refractivity contribution >= 4 is 42.2 Å². The number of benzene rings is 2. The summed E-state index contributed by atoms with van der Waals surface area (Å²) in [6.07, 6.45) is -0.164. The third-order valence-electron chi connectivity index (χ3n) is 5.87. The van der Waals surface area contributed by atoms with Gasteiger partial charge in [-0.05, 0) is 25.3 Å². The van der Waals surface area contributed by atoms with Crippen molar-refractivity contribution in [1.82, 2.24) is 24.6 Å². The summed E-state index contributed by atoms with van der Waals surface area (Å²) in [6, 6.07) is 13.4. The number of carbonyl (C=O) groups excluding carboxylic acids is 1. The van der Waals surface area contributed by atoms with Crippen molar-refractivity contribution in [2.45, 2.75) is 44.9 Å². The molecule has 2 aromatic heterocycles. The lowest BCUT2D eigenvalue weighted by atomic mass is 10.1. The molecule has 3 heterocycles. The van der Waals surface area contributed by atoms with Crippen LogP contribution in [0.5, 0.6) is 5.75 Å². The number of halogens is 1. The smallest absolute Gasteiger partial charge is 0.320 e. The number of nitrogens with two attached hydrogens (primary N) is 1. The Kier molecular flexibility index (Phi) is 7.94. The number of aromatic nitrogens is 4. The van der Waals surface area contributed by atoms with E-state index in [2.05, 4.69) is 20.0 Å². The van der Waals surface area contributed by atoms with Crippen molar-refractivity contribution in [1.29, 1.82) is 0 Å². The lowest BCUT2D eigenvalue weighted by Gasteiger charge is -2.22. The van der Waals surface area contributed by atoms with Crippen LogP contribution in [0.25, 0.3) is 21.9 Å². The summed E-state index contributed by atoms with van der Waals surface area (Å²) in [5.74, 6) is 0.358. The minimum absolute atomic E-state index is 0.0830. The molecule has 1 fully saturated rings. The number of ether oxygens (including phenoxy) is 2. The number of nitrogens with zero attached hydrogens (tertiary/aromatic N) is 4. The molecule has 4 atom stereocenters. The van der Waals surface area contributed by atoms with E-state index in [9.17, 15) is 4.79 Å². The number of alkyl halides is 1. The number of hydrogen-bond acceptors (Lipinski definition) is 10. The van der Waals surface area contributed by atoms with E-state index in [-0.39, 0.29) is 31.5 Å². The van der Waals surface area contributed by atoms with E-state index in [1.54, 1.807) is 18.4 Å². The van der Waals surface area contributed by atoms with Crippen LogP contribution in [0.4, 0.5) is 10.2 Å². The highest BCUT2D eigenvalue weighted by molar-refractivity contribution is 7.45. The van der Waals surface area contributed by atoms with Gasteiger partial charge in [-0.1, -0.05) is 36.4 Å². The molecule has 0 bridgehead atoms. The van der Waals surface area contributed by atoms with Gasteiger partial charge < -0.3 is 24.3 Å². The summed E-state index contributed by atoms with van der Waals surface area (Å²) in [5.41, 5.74) is 6.75. The van der Waals surface area contributed by atoms with Gasteiger partial charge in [0.25, 0.3) is 0 Å². The molecule has 0 radical (unpaired) electrons. The van der Waals surface area contributed by atoms with Crippen LogP contribution in [0.3, 0.4) is 0 Å². The molecule has 13 heteroatoms. The van der Waals surface area contributed by atoms with Crippen molar-refractivity contribution in [3.8, 4) is 5.75 Å². The molecule has 4 aromatic rings. The molecule has 5 rings (SSSR count). The van der Waals surface area contributed by atoms with Crippen LogP contribution in [-0.4, -0.2) is 57.0 Å². The topological polar surface area (TPSA) is 136 Å². The second-order valence-electron chi connectivity index (χ2n) is 8.96. The average molecular weight is 543 g/mol. The monoisotopic (exact) mass is 542 g/mol. The lowest BCUT2D eigenvalue weighted by molar-refractivity contribution is -0.145. The quantitative estimate of drug-likeness (QED) is 0.223. The summed E-state index contributed by atoms with van der Waals surface area (Å²) in [7, 11) is -1.85. The van der Waals surface area contributed by atoms with Gasteiger partial charge in [-0.15, -0.1) is 0 Å². The molecule has 0 amide bonds. The number of fused-ring (bicyclic) bond motifs is 2. The van der Waals surface area contributed by atoms with Gasteiger partial charge in [-0.25, -0.2) is 24.4 Å². The van der Waals surface area contributed by atoms with Crippen molar-refractivity contribution in [2.75, 3.05) is 18.9 Å². The maximum atomic E-state index is 15.0. The predicted molar refractivity (Wildman–Crippen MR) is 140 cm³/mol. The molecule has 38 heavy (non-hydrogen) atoms. The minimum Gasteiger partial charge on any atom is -0.462 e. The van der Waals surface area contributed by atoms with Crippen LogP contribution in [-0.2, 0) is 18.8 Å². The van der Waals surface area contributed by atoms with Crippen LogP contribution in [0, 0.1) is 0 Å². The van der Waals surface area contributed by atoms with Crippen LogP contribution in [0.15, 0.2) is 55.1 Å². The molecule has 0 spiro atoms. The Morgan fingerprint density at radius 3 is 2.89 bits per heavy atom. The van der Waals surface area contributed by atoms with E-state index in [4.69, 9.17) is 24.3 Å². The Morgan fingerprint density at radius 1 is 1.24 bits per heavy atom. The zero-order chi connectivity index (χ0) is 26.6. The zero-order valence-corrected chi connectivity index (χ0v) is 21.8. The number of anilines is 1. The maximum absolute atomic E-state index is 15.0. The van der Waals surface area contributed by atoms with Crippen molar-refractivity contribution < 1.29 is 27.7 Å². The van der Waals surface area contributed by atoms with E-state index in [1.165, 1.54) is 12.7 Å². The molecule has 4 unspecified atom stereocenters. The number of nitrogens with one attached hydrogen (secondary N) is 1. The number of rotatable bonds is 10. The molecule has 1 aliphatic rings. The molecule has 1 saturated heterocycles. The first-order valence-corrected chi connectivity index (χ1v) is 13.3. The summed E-state index contributed by atoms with van der Waals surface area (Å²) in [5, 5.41) is 4.84. The van der Waals surface area contributed by atoms with E-state index in [0.29, 0.717) is 16.9 Å². The SMILES string of the molecule is CC(C)OC(=O)CNP(OCC1OC(n2cnc3c(N)ncnc32)CC1F)Oc1cccc2ccccc12. The molecular weight excluding hydrogens is 514 g/mol. The lowest BCUT2D eigenvalue weighted by Crippen LogP contribution is -2.28. The molecule has 0 aliphatic carbocycles. The van der Waals surface area contributed by atoms with Crippen molar-refractivity contribution in [3.63, 3.8) is 0 Å². The van der Waals surface area contributed by atoms with Crippen molar-refractivity contribution in [2.24, 2.45) is 0 Å². The first-order chi connectivity index (χ1) is 18.4. The average Bonchev–Trinajstić information content (AvgIpc) is 3.49. The molecule has 3 N–H and O–H groups in total. The normalized spacial score (nSPS) is 20.3.